The second-order valence-corrected chi connectivity index (χ2v) is 3.18. The number of aliphatic hydroxyl groups is 1. The highest BCUT2D eigenvalue weighted by Gasteiger charge is 2.08. The molecule has 1 aromatic rings. The summed E-state index contributed by atoms with van der Waals surface area (Å²) in [6.45, 7) is 0.0332. The van der Waals surface area contributed by atoms with Gasteiger partial charge in [0.1, 0.15) is 11.6 Å². The van der Waals surface area contributed by atoms with E-state index in [4.69, 9.17) is 10.8 Å². The van der Waals surface area contributed by atoms with Crippen LogP contribution in [0.4, 0.5) is 8.78 Å². The Bertz CT molecular complexity index is 284. The van der Waals surface area contributed by atoms with Crippen molar-refractivity contribution in [2.75, 3.05) is 6.61 Å². The average molecular weight is 201 g/mol. The van der Waals surface area contributed by atoms with Crippen molar-refractivity contribution < 1.29 is 13.9 Å². The number of hydrogen-bond donors (Lipinski definition) is 2. The van der Waals surface area contributed by atoms with Crippen molar-refractivity contribution >= 4 is 0 Å². The zero-order valence-electron chi connectivity index (χ0n) is 7.71. The first-order valence-corrected chi connectivity index (χ1v) is 4.46. The summed E-state index contributed by atoms with van der Waals surface area (Å²) in [5.74, 6) is -1.25. The summed E-state index contributed by atoms with van der Waals surface area (Å²) in [6.07, 6.45) is 1.04. The molecule has 2 nitrogen and oxygen atoms in total. The third kappa shape index (κ3) is 3.05. The predicted molar refractivity (Wildman–Crippen MR) is 49.6 cm³/mol. The molecule has 3 N–H and O–H groups in total. The van der Waals surface area contributed by atoms with Gasteiger partial charge in [0.2, 0.25) is 0 Å². The Morgan fingerprint density at radius 1 is 1.21 bits per heavy atom. The van der Waals surface area contributed by atoms with Gasteiger partial charge in [-0.15, -0.1) is 0 Å². The molecule has 0 heterocycles. The fraction of sp³-hybridized carbons (Fsp3) is 0.400. The average Bonchev–Trinajstić information content (AvgIpc) is 2.12. The molecule has 1 rings (SSSR count). The van der Waals surface area contributed by atoms with Gasteiger partial charge in [0.05, 0.1) is 0 Å². The Hall–Kier alpha value is -1.00. The van der Waals surface area contributed by atoms with Gasteiger partial charge < -0.3 is 10.8 Å². The highest BCUT2D eigenvalue weighted by Crippen LogP contribution is 2.18. The van der Waals surface area contributed by atoms with E-state index >= 15 is 0 Å². The third-order valence-electron chi connectivity index (χ3n) is 1.99. The molecule has 0 saturated carbocycles. The number of halogens is 2. The zero-order valence-corrected chi connectivity index (χ0v) is 7.71. The van der Waals surface area contributed by atoms with Crippen molar-refractivity contribution in [3.8, 4) is 0 Å². The van der Waals surface area contributed by atoms with Crippen molar-refractivity contribution in [1.82, 2.24) is 0 Å². The predicted octanol–water partition coefficient (Wildman–Crippen LogP) is 1.74. The molecule has 1 aromatic carbocycles. The molecule has 0 saturated heterocycles. The van der Waals surface area contributed by atoms with Crippen LogP contribution in [0.3, 0.4) is 0 Å². The van der Waals surface area contributed by atoms with E-state index in [0.29, 0.717) is 18.4 Å². The minimum absolute atomic E-state index is 0.0332. The summed E-state index contributed by atoms with van der Waals surface area (Å²) in [5.41, 5.74) is 6.10. The first kappa shape index (κ1) is 11.1. The maximum absolute atomic E-state index is 12.8. The Balaban J connectivity index is 2.73. The van der Waals surface area contributed by atoms with Gasteiger partial charge in [-0.2, -0.15) is 0 Å². The van der Waals surface area contributed by atoms with Crippen LogP contribution in [0.5, 0.6) is 0 Å². The summed E-state index contributed by atoms with van der Waals surface area (Å²) < 4.78 is 25.5. The minimum Gasteiger partial charge on any atom is -0.396 e. The summed E-state index contributed by atoms with van der Waals surface area (Å²) in [4.78, 5) is 0. The van der Waals surface area contributed by atoms with Gasteiger partial charge in [0.15, 0.2) is 0 Å². The Labute approximate surface area is 81.4 Å². The lowest BCUT2D eigenvalue weighted by molar-refractivity contribution is 0.280. The lowest BCUT2D eigenvalue weighted by atomic mass is 10.0. The second-order valence-electron chi connectivity index (χ2n) is 3.18. The van der Waals surface area contributed by atoms with Crippen molar-refractivity contribution in [1.29, 1.82) is 0 Å². The number of benzene rings is 1. The smallest absolute Gasteiger partial charge is 0.126 e. The Kier molecular flexibility index (Phi) is 3.98. The summed E-state index contributed by atoms with van der Waals surface area (Å²) in [6, 6.07) is 2.81. The van der Waals surface area contributed by atoms with E-state index in [2.05, 4.69) is 0 Å². The highest BCUT2D eigenvalue weighted by molar-refractivity contribution is 5.20. The molecular formula is C10H13F2NO. The fourth-order valence-electron chi connectivity index (χ4n) is 1.27. The molecular weight excluding hydrogens is 188 g/mol. The number of nitrogens with two attached hydrogens (primary N) is 1. The number of hydrogen-bond acceptors (Lipinski definition) is 2. The fourth-order valence-corrected chi connectivity index (χ4v) is 1.27. The van der Waals surface area contributed by atoms with Crippen LogP contribution in [0.2, 0.25) is 0 Å². The standard InChI is InChI=1S/C10H13F2NO/c11-8-4-7(5-9(12)6-8)10(13)2-1-3-14/h4-6,10,14H,1-3,13H2. The van der Waals surface area contributed by atoms with Crippen molar-refractivity contribution in [2.45, 2.75) is 18.9 Å². The van der Waals surface area contributed by atoms with E-state index in [0.717, 1.165) is 6.07 Å². The molecule has 0 fully saturated rings. The largest absolute Gasteiger partial charge is 0.396 e. The SMILES string of the molecule is NC(CCCO)c1cc(F)cc(F)c1. The van der Waals surface area contributed by atoms with Gasteiger partial charge in [-0.25, -0.2) is 8.78 Å². The van der Waals surface area contributed by atoms with Crippen molar-refractivity contribution in [2.24, 2.45) is 5.73 Å². The molecule has 1 unspecified atom stereocenters. The van der Waals surface area contributed by atoms with Crippen LogP contribution in [0.25, 0.3) is 0 Å². The van der Waals surface area contributed by atoms with Gasteiger partial charge in [0.25, 0.3) is 0 Å². The van der Waals surface area contributed by atoms with E-state index in [9.17, 15) is 8.78 Å². The van der Waals surface area contributed by atoms with E-state index in [1.807, 2.05) is 0 Å². The number of aliphatic hydroxyl groups excluding tert-OH is 1. The minimum atomic E-state index is -0.626. The molecule has 0 spiro atoms. The van der Waals surface area contributed by atoms with E-state index in [1.165, 1.54) is 12.1 Å². The first-order chi connectivity index (χ1) is 6.63. The van der Waals surface area contributed by atoms with Crippen LogP contribution < -0.4 is 5.73 Å². The molecule has 0 aliphatic carbocycles. The quantitative estimate of drug-likeness (QED) is 0.779. The molecule has 0 aliphatic heterocycles. The molecule has 1 atom stereocenters. The van der Waals surface area contributed by atoms with Gasteiger partial charge in [0, 0.05) is 18.7 Å². The van der Waals surface area contributed by atoms with Gasteiger partial charge in [-0.05, 0) is 30.5 Å². The monoisotopic (exact) mass is 201 g/mol. The molecule has 0 aromatic heterocycles. The lowest BCUT2D eigenvalue weighted by Crippen LogP contribution is -2.11. The molecule has 78 valence electrons. The van der Waals surface area contributed by atoms with E-state index < -0.39 is 17.7 Å². The topological polar surface area (TPSA) is 46.2 Å². The molecule has 0 amide bonds. The van der Waals surface area contributed by atoms with Crippen LogP contribution in [-0.4, -0.2) is 11.7 Å². The van der Waals surface area contributed by atoms with Gasteiger partial charge in [-0.3, -0.25) is 0 Å². The Morgan fingerprint density at radius 3 is 2.29 bits per heavy atom. The summed E-state index contributed by atoms with van der Waals surface area (Å²) in [7, 11) is 0. The Morgan fingerprint density at radius 2 is 1.79 bits per heavy atom. The van der Waals surface area contributed by atoms with Crippen LogP contribution in [0.1, 0.15) is 24.4 Å². The third-order valence-corrected chi connectivity index (χ3v) is 1.99. The van der Waals surface area contributed by atoms with E-state index in [-0.39, 0.29) is 6.61 Å². The highest BCUT2D eigenvalue weighted by atomic mass is 19.1. The van der Waals surface area contributed by atoms with Crippen LogP contribution >= 0.6 is 0 Å². The van der Waals surface area contributed by atoms with Gasteiger partial charge >= 0.3 is 0 Å². The summed E-state index contributed by atoms with van der Waals surface area (Å²) >= 11 is 0. The summed E-state index contributed by atoms with van der Waals surface area (Å²) in [5, 5.41) is 8.57. The van der Waals surface area contributed by atoms with Gasteiger partial charge in [-0.1, -0.05) is 0 Å². The second kappa shape index (κ2) is 5.02. The maximum atomic E-state index is 12.8. The molecule has 0 radical (unpaired) electrons. The van der Waals surface area contributed by atoms with Crippen LogP contribution in [0, 0.1) is 11.6 Å². The molecule has 0 aliphatic rings. The lowest BCUT2D eigenvalue weighted by Gasteiger charge is -2.11. The van der Waals surface area contributed by atoms with Crippen molar-refractivity contribution in [3.63, 3.8) is 0 Å². The molecule has 0 bridgehead atoms. The molecule has 4 heteroatoms. The van der Waals surface area contributed by atoms with E-state index in [1.54, 1.807) is 0 Å². The van der Waals surface area contributed by atoms with Crippen LogP contribution in [0.15, 0.2) is 18.2 Å². The zero-order chi connectivity index (χ0) is 10.6. The normalized spacial score (nSPS) is 12.9. The van der Waals surface area contributed by atoms with Crippen LogP contribution in [-0.2, 0) is 0 Å². The molecule has 14 heavy (non-hydrogen) atoms. The first-order valence-electron chi connectivity index (χ1n) is 4.46. The van der Waals surface area contributed by atoms with Crippen molar-refractivity contribution in [3.05, 3.63) is 35.4 Å². The maximum Gasteiger partial charge on any atom is 0.126 e. The number of rotatable bonds is 4.